The second-order valence-corrected chi connectivity index (χ2v) is 7.50. The summed E-state index contributed by atoms with van der Waals surface area (Å²) in [5.41, 5.74) is 3.28. The molecule has 3 rings (SSSR count). The quantitative estimate of drug-likeness (QED) is 0.880. The maximum atomic E-state index is 6.10. The van der Waals surface area contributed by atoms with Crippen LogP contribution >= 0.6 is 22.9 Å². The Labute approximate surface area is 130 Å². The van der Waals surface area contributed by atoms with Gasteiger partial charge in [0.25, 0.3) is 0 Å². The Kier molecular flexibility index (Phi) is 4.16. The molecule has 0 bridgehead atoms. The van der Waals surface area contributed by atoms with Crippen molar-refractivity contribution in [2.75, 3.05) is 13.6 Å². The Morgan fingerprint density at radius 1 is 1.25 bits per heavy atom. The Morgan fingerprint density at radius 3 is 2.85 bits per heavy atom. The summed E-state index contributed by atoms with van der Waals surface area (Å²) in [6.07, 6.45) is 4.83. The third-order valence-corrected chi connectivity index (χ3v) is 5.58. The molecule has 1 aromatic heterocycles. The third-order valence-electron chi connectivity index (χ3n) is 4.35. The molecule has 1 nitrogen and oxygen atoms in total. The van der Waals surface area contributed by atoms with Crippen molar-refractivity contribution in [3.63, 3.8) is 0 Å². The second kappa shape index (κ2) is 5.88. The number of rotatable bonds is 4. The monoisotopic (exact) mass is 305 g/mol. The third kappa shape index (κ3) is 2.65. The summed E-state index contributed by atoms with van der Waals surface area (Å²) in [6.45, 7) is 1.03. The van der Waals surface area contributed by atoms with Gasteiger partial charge in [-0.3, -0.25) is 0 Å². The van der Waals surface area contributed by atoms with Crippen molar-refractivity contribution in [3.05, 3.63) is 56.7 Å². The minimum absolute atomic E-state index is 0.220. The first-order chi connectivity index (χ1) is 9.73. The Balaban J connectivity index is 2.00. The van der Waals surface area contributed by atoms with E-state index in [-0.39, 0.29) is 5.41 Å². The van der Waals surface area contributed by atoms with E-state index in [0.717, 1.165) is 17.3 Å². The minimum Gasteiger partial charge on any atom is -0.319 e. The Bertz CT molecular complexity index is 592. The van der Waals surface area contributed by atoms with Gasteiger partial charge in [-0.15, -0.1) is 11.3 Å². The van der Waals surface area contributed by atoms with Gasteiger partial charge >= 0.3 is 0 Å². The van der Waals surface area contributed by atoms with Gasteiger partial charge in [-0.05, 0) is 56.0 Å². The van der Waals surface area contributed by atoms with Gasteiger partial charge in [0.05, 0.1) is 4.34 Å². The van der Waals surface area contributed by atoms with Crippen LogP contribution in [0.3, 0.4) is 0 Å². The standard InChI is InChI=1S/C17H20ClNS/c1-19-12-17(11-14-8-9-16(18)20-14)10-4-6-13-5-2-3-7-15(13)17/h2-3,5,7-9,19H,4,6,10-12H2,1H3. The van der Waals surface area contributed by atoms with Crippen LogP contribution in [-0.4, -0.2) is 13.6 Å². The summed E-state index contributed by atoms with van der Waals surface area (Å²) in [5, 5.41) is 3.42. The summed E-state index contributed by atoms with van der Waals surface area (Å²) >= 11 is 7.82. The highest BCUT2D eigenvalue weighted by Crippen LogP contribution is 2.41. The van der Waals surface area contributed by atoms with E-state index in [4.69, 9.17) is 11.6 Å². The van der Waals surface area contributed by atoms with Crippen LogP contribution in [0, 0.1) is 0 Å². The van der Waals surface area contributed by atoms with E-state index in [1.807, 2.05) is 6.07 Å². The van der Waals surface area contributed by atoms with Crippen molar-refractivity contribution >= 4 is 22.9 Å². The highest BCUT2D eigenvalue weighted by molar-refractivity contribution is 7.16. The van der Waals surface area contributed by atoms with Crippen LogP contribution in [0.25, 0.3) is 0 Å². The van der Waals surface area contributed by atoms with Crippen LogP contribution in [0.2, 0.25) is 4.34 Å². The van der Waals surface area contributed by atoms with Crippen molar-refractivity contribution in [1.82, 2.24) is 5.32 Å². The molecule has 0 saturated carbocycles. The topological polar surface area (TPSA) is 12.0 Å². The molecule has 20 heavy (non-hydrogen) atoms. The molecule has 1 aromatic carbocycles. The van der Waals surface area contributed by atoms with E-state index >= 15 is 0 Å². The fourth-order valence-corrected chi connectivity index (χ4v) is 4.79. The van der Waals surface area contributed by atoms with Crippen LogP contribution in [0.15, 0.2) is 36.4 Å². The molecule has 1 N–H and O–H groups in total. The molecule has 1 atom stereocenters. The molecule has 0 spiro atoms. The molecule has 1 aliphatic rings. The maximum Gasteiger partial charge on any atom is 0.0931 e. The molecule has 0 saturated heterocycles. The van der Waals surface area contributed by atoms with E-state index in [9.17, 15) is 0 Å². The Hall–Kier alpha value is -0.830. The molecule has 106 valence electrons. The van der Waals surface area contributed by atoms with Crippen molar-refractivity contribution in [2.24, 2.45) is 0 Å². The lowest BCUT2D eigenvalue weighted by Crippen LogP contribution is -2.41. The van der Waals surface area contributed by atoms with Gasteiger partial charge in [0.1, 0.15) is 0 Å². The predicted molar refractivity (Wildman–Crippen MR) is 88.0 cm³/mol. The lowest BCUT2D eigenvalue weighted by atomic mass is 9.67. The lowest BCUT2D eigenvalue weighted by Gasteiger charge is -2.39. The highest BCUT2D eigenvalue weighted by Gasteiger charge is 2.36. The van der Waals surface area contributed by atoms with Gasteiger partial charge in [0, 0.05) is 16.8 Å². The van der Waals surface area contributed by atoms with Crippen LogP contribution in [-0.2, 0) is 18.3 Å². The van der Waals surface area contributed by atoms with Gasteiger partial charge in [0.15, 0.2) is 0 Å². The van der Waals surface area contributed by atoms with E-state index in [2.05, 4.69) is 42.7 Å². The van der Waals surface area contributed by atoms with Crippen molar-refractivity contribution < 1.29 is 0 Å². The van der Waals surface area contributed by atoms with Crippen LogP contribution in [0.4, 0.5) is 0 Å². The summed E-state index contributed by atoms with van der Waals surface area (Å²) in [4.78, 5) is 1.39. The lowest BCUT2D eigenvalue weighted by molar-refractivity contribution is 0.347. The average Bonchev–Trinajstić information content (AvgIpc) is 2.85. The van der Waals surface area contributed by atoms with E-state index in [1.165, 1.54) is 35.3 Å². The first kappa shape index (κ1) is 14.1. The maximum absolute atomic E-state index is 6.10. The number of fused-ring (bicyclic) bond motifs is 1. The summed E-state index contributed by atoms with van der Waals surface area (Å²) in [5.74, 6) is 0. The number of benzene rings is 1. The van der Waals surface area contributed by atoms with Crippen LogP contribution < -0.4 is 5.32 Å². The SMILES string of the molecule is CNCC1(Cc2ccc(Cl)s2)CCCc2ccccc21. The number of thiophene rings is 1. The van der Waals surface area contributed by atoms with Gasteiger partial charge in [0.2, 0.25) is 0 Å². The summed E-state index contributed by atoms with van der Waals surface area (Å²) < 4.78 is 0.892. The molecule has 0 aliphatic heterocycles. The van der Waals surface area contributed by atoms with Gasteiger partial charge < -0.3 is 5.32 Å². The first-order valence-corrected chi connectivity index (χ1v) is 8.40. The van der Waals surface area contributed by atoms with E-state index < -0.39 is 0 Å². The molecule has 0 radical (unpaired) electrons. The Morgan fingerprint density at radius 2 is 2.10 bits per heavy atom. The van der Waals surface area contributed by atoms with Crippen molar-refractivity contribution in [2.45, 2.75) is 31.1 Å². The molecular formula is C17H20ClNS. The fraction of sp³-hybridized carbons (Fsp3) is 0.412. The highest BCUT2D eigenvalue weighted by atomic mass is 35.5. The van der Waals surface area contributed by atoms with Gasteiger partial charge in [-0.1, -0.05) is 35.9 Å². The molecule has 1 heterocycles. The van der Waals surface area contributed by atoms with Crippen LogP contribution in [0.5, 0.6) is 0 Å². The fourth-order valence-electron chi connectivity index (χ4n) is 3.56. The van der Waals surface area contributed by atoms with Crippen molar-refractivity contribution in [1.29, 1.82) is 0 Å². The largest absolute Gasteiger partial charge is 0.319 e. The summed E-state index contributed by atoms with van der Waals surface area (Å²) in [6, 6.07) is 13.2. The minimum atomic E-state index is 0.220. The number of nitrogens with one attached hydrogen (secondary N) is 1. The molecule has 3 heteroatoms. The van der Waals surface area contributed by atoms with E-state index in [0.29, 0.717) is 0 Å². The number of halogens is 1. The zero-order valence-electron chi connectivity index (χ0n) is 11.8. The number of hydrogen-bond donors (Lipinski definition) is 1. The zero-order valence-corrected chi connectivity index (χ0v) is 13.4. The van der Waals surface area contributed by atoms with E-state index in [1.54, 1.807) is 11.3 Å². The molecule has 1 aliphatic carbocycles. The number of likely N-dealkylation sites (N-methyl/N-ethyl adjacent to an activating group) is 1. The van der Waals surface area contributed by atoms with Crippen LogP contribution in [0.1, 0.15) is 28.8 Å². The molecule has 2 aromatic rings. The number of hydrogen-bond acceptors (Lipinski definition) is 2. The first-order valence-electron chi connectivity index (χ1n) is 7.21. The zero-order chi connectivity index (χ0) is 14.0. The van der Waals surface area contributed by atoms with Gasteiger partial charge in [-0.2, -0.15) is 0 Å². The van der Waals surface area contributed by atoms with Crippen molar-refractivity contribution in [3.8, 4) is 0 Å². The average molecular weight is 306 g/mol. The summed E-state index contributed by atoms with van der Waals surface area (Å²) in [7, 11) is 2.06. The second-order valence-electron chi connectivity index (χ2n) is 5.70. The number of aryl methyl sites for hydroxylation is 1. The molecule has 1 unspecified atom stereocenters. The normalized spacial score (nSPS) is 21.7. The smallest absolute Gasteiger partial charge is 0.0931 e. The molecule has 0 amide bonds. The predicted octanol–water partition coefficient (Wildman–Crippen LogP) is 4.44. The van der Waals surface area contributed by atoms with Gasteiger partial charge in [-0.25, -0.2) is 0 Å². The molecule has 0 fully saturated rings. The molecular weight excluding hydrogens is 286 g/mol.